The summed E-state index contributed by atoms with van der Waals surface area (Å²) in [5.41, 5.74) is 7.17. The minimum absolute atomic E-state index is 0.286. The molecular formula is C14H9F3N2O. The Labute approximate surface area is 113 Å². The zero-order valence-electron chi connectivity index (χ0n) is 10.1. The number of nitrogens with zero attached hydrogens (tertiary/aromatic N) is 1. The van der Waals surface area contributed by atoms with Crippen molar-refractivity contribution in [1.29, 1.82) is 5.26 Å². The van der Waals surface area contributed by atoms with Crippen LogP contribution in [0.1, 0.15) is 5.56 Å². The molecule has 3 nitrogen and oxygen atoms in total. The highest BCUT2D eigenvalue weighted by Gasteiger charge is 2.31. The number of alkyl halides is 3. The lowest BCUT2D eigenvalue weighted by Crippen LogP contribution is -2.17. The fourth-order valence-electron chi connectivity index (χ4n) is 1.83. The minimum atomic E-state index is -4.76. The van der Waals surface area contributed by atoms with Gasteiger partial charge >= 0.3 is 6.36 Å². The lowest BCUT2D eigenvalue weighted by molar-refractivity contribution is -0.274. The van der Waals surface area contributed by atoms with E-state index in [0.717, 1.165) is 0 Å². The topological polar surface area (TPSA) is 59.0 Å². The Hall–Kier alpha value is -2.68. The Bertz CT molecular complexity index is 675. The SMILES string of the molecule is N#Cc1cccc(N)c1-c1cccc(OC(F)(F)F)c1. The summed E-state index contributed by atoms with van der Waals surface area (Å²) in [6, 6.07) is 12.0. The predicted molar refractivity (Wildman–Crippen MR) is 67.7 cm³/mol. The van der Waals surface area contributed by atoms with E-state index >= 15 is 0 Å². The van der Waals surface area contributed by atoms with E-state index in [2.05, 4.69) is 4.74 Å². The number of halogens is 3. The highest BCUT2D eigenvalue weighted by Crippen LogP contribution is 2.33. The molecule has 2 N–H and O–H groups in total. The maximum Gasteiger partial charge on any atom is 0.573 e. The third kappa shape index (κ3) is 3.01. The van der Waals surface area contributed by atoms with E-state index in [9.17, 15) is 13.2 Å². The van der Waals surface area contributed by atoms with Crippen molar-refractivity contribution in [3.8, 4) is 22.9 Å². The largest absolute Gasteiger partial charge is 0.573 e. The molecule has 2 aromatic carbocycles. The summed E-state index contributed by atoms with van der Waals surface area (Å²) in [4.78, 5) is 0. The molecule has 2 rings (SSSR count). The van der Waals surface area contributed by atoms with Crippen LogP contribution in [0.15, 0.2) is 42.5 Å². The van der Waals surface area contributed by atoms with Crippen molar-refractivity contribution in [3.05, 3.63) is 48.0 Å². The van der Waals surface area contributed by atoms with Gasteiger partial charge < -0.3 is 10.5 Å². The summed E-state index contributed by atoms with van der Waals surface area (Å²) in [7, 11) is 0. The smallest absolute Gasteiger partial charge is 0.406 e. The van der Waals surface area contributed by atoms with Crippen LogP contribution >= 0.6 is 0 Å². The molecule has 0 unspecified atom stereocenters. The molecule has 0 spiro atoms. The van der Waals surface area contributed by atoms with Crippen LogP contribution in [-0.4, -0.2) is 6.36 Å². The van der Waals surface area contributed by atoms with Crippen molar-refractivity contribution in [2.45, 2.75) is 6.36 Å². The molecule has 102 valence electrons. The Balaban J connectivity index is 2.50. The van der Waals surface area contributed by atoms with Crippen molar-refractivity contribution >= 4 is 5.69 Å². The molecule has 2 aromatic rings. The quantitative estimate of drug-likeness (QED) is 0.852. The molecule has 0 radical (unpaired) electrons. The van der Waals surface area contributed by atoms with E-state index in [4.69, 9.17) is 11.0 Å². The van der Waals surface area contributed by atoms with Crippen LogP contribution in [0, 0.1) is 11.3 Å². The van der Waals surface area contributed by atoms with E-state index < -0.39 is 6.36 Å². The van der Waals surface area contributed by atoms with Crippen LogP contribution in [0.5, 0.6) is 5.75 Å². The zero-order chi connectivity index (χ0) is 14.8. The van der Waals surface area contributed by atoms with Gasteiger partial charge in [-0.15, -0.1) is 13.2 Å². The second-order valence-corrected chi connectivity index (χ2v) is 3.96. The van der Waals surface area contributed by atoms with Gasteiger partial charge in [-0.3, -0.25) is 0 Å². The van der Waals surface area contributed by atoms with Crippen LogP contribution in [0.3, 0.4) is 0 Å². The minimum Gasteiger partial charge on any atom is -0.406 e. The monoisotopic (exact) mass is 278 g/mol. The predicted octanol–water partition coefficient (Wildman–Crippen LogP) is 3.71. The van der Waals surface area contributed by atoms with Crippen molar-refractivity contribution in [3.63, 3.8) is 0 Å². The highest BCUT2D eigenvalue weighted by molar-refractivity contribution is 5.82. The van der Waals surface area contributed by atoms with Gasteiger partial charge in [-0.25, -0.2) is 0 Å². The van der Waals surface area contributed by atoms with Crippen LogP contribution in [-0.2, 0) is 0 Å². The van der Waals surface area contributed by atoms with E-state index in [1.807, 2.05) is 6.07 Å². The number of benzene rings is 2. The Kier molecular flexibility index (Phi) is 3.53. The van der Waals surface area contributed by atoms with Gasteiger partial charge in [-0.1, -0.05) is 18.2 Å². The van der Waals surface area contributed by atoms with Gasteiger partial charge in [0.2, 0.25) is 0 Å². The van der Waals surface area contributed by atoms with Crippen molar-refractivity contribution in [2.75, 3.05) is 5.73 Å². The molecule has 0 atom stereocenters. The molecule has 6 heteroatoms. The molecule has 0 saturated heterocycles. The van der Waals surface area contributed by atoms with E-state index in [-0.39, 0.29) is 11.3 Å². The Morgan fingerprint density at radius 3 is 2.45 bits per heavy atom. The number of ether oxygens (including phenoxy) is 1. The first-order valence-corrected chi connectivity index (χ1v) is 5.55. The summed E-state index contributed by atoms with van der Waals surface area (Å²) >= 11 is 0. The number of anilines is 1. The summed E-state index contributed by atoms with van der Waals surface area (Å²) in [6.07, 6.45) is -4.76. The maximum atomic E-state index is 12.2. The van der Waals surface area contributed by atoms with Crippen LogP contribution in [0.2, 0.25) is 0 Å². The second kappa shape index (κ2) is 5.13. The van der Waals surface area contributed by atoms with Gasteiger partial charge in [-0.05, 0) is 29.8 Å². The number of nitrogen functional groups attached to an aromatic ring is 1. The first-order chi connectivity index (χ1) is 9.40. The van der Waals surface area contributed by atoms with Crippen LogP contribution in [0.4, 0.5) is 18.9 Å². The van der Waals surface area contributed by atoms with Crippen LogP contribution < -0.4 is 10.5 Å². The Morgan fingerprint density at radius 2 is 1.80 bits per heavy atom. The number of nitrogens with two attached hydrogens (primary N) is 1. The van der Waals surface area contributed by atoms with Gasteiger partial charge in [0, 0.05) is 11.3 Å². The van der Waals surface area contributed by atoms with Crippen molar-refractivity contribution < 1.29 is 17.9 Å². The molecule has 0 aromatic heterocycles. The number of nitriles is 1. The molecule has 0 aliphatic heterocycles. The van der Waals surface area contributed by atoms with Crippen molar-refractivity contribution in [1.82, 2.24) is 0 Å². The standard InChI is InChI=1S/C14H9F3N2O/c15-14(16,17)20-11-5-1-3-9(7-11)13-10(8-18)4-2-6-12(13)19/h1-7H,19H2. The Morgan fingerprint density at radius 1 is 1.10 bits per heavy atom. The fraction of sp³-hybridized carbons (Fsp3) is 0.0714. The second-order valence-electron chi connectivity index (χ2n) is 3.96. The van der Waals surface area contributed by atoms with E-state index in [1.165, 1.54) is 18.2 Å². The molecule has 0 aliphatic carbocycles. The third-order valence-electron chi connectivity index (χ3n) is 2.57. The van der Waals surface area contributed by atoms with Gasteiger partial charge in [0.15, 0.2) is 0 Å². The molecule has 0 aliphatic rings. The lowest BCUT2D eigenvalue weighted by atomic mass is 9.98. The zero-order valence-corrected chi connectivity index (χ0v) is 10.1. The average molecular weight is 278 g/mol. The summed E-state index contributed by atoms with van der Waals surface area (Å²) in [5.74, 6) is -0.359. The molecule has 0 bridgehead atoms. The maximum absolute atomic E-state index is 12.2. The van der Waals surface area contributed by atoms with E-state index in [1.54, 1.807) is 24.3 Å². The molecular weight excluding hydrogens is 269 g/mol. The summed E-state index contributed by atoms with van der Waals surface area (Å²) in [5, 5.41) is 9.04. The van der Waals surface area contributed by atoms with Gasteiger partial charge in [0.05, 0.1) is 11.6 Å². The average Bonchev–Trinajstić information content (AvgIpc) is 2.36. The van der Waals surface area contributed by atoms with Gasteiger partial charge in [-0.2, -0.15) is 5.26 Å². The number of hydrogen-bond donors (Lipinski definition) is 1. The molecule has 0 fully saturated rings. The fourth-order valence-corrected chi connectivity index (χ4v) is 1.83. The first kappa shape index (κ1) is 13.7. The summed E-state index contributed by atoms with van der Waals surface area (Å²) in [6.45, 7) is 0. The third-order valence-corrected chi connectivity index (χ3v) is 2.57. The number of hydrogen-bond acceptors (Lipinski definition) is 3. The van der Waals surface area contributed by atoms with Gasteiger partial charge in [0.1, 0.15) is 5.75 Å². The van der Waals surface area contributed by atoms with Crippen LogP contribution in [0.25, 0.3) is 11.1 Å². The van der Waals surface area contributed by atoms with Crippen molar-refractivity contribution in [2.24, 2.45) is 0 Å². The number of rotatable bonds is 2. The molecule has 0 heterocycles. The first-order valence-electron chi connectivity index (χ1n) is 5.55. The molecule has 0 saturated carbocycles. The highest BCUT2D eigenvalue weighted by atomic mass is 19.4. The summed E-state index contributed by atoms with van der Waals surface area (Å²) < 4.78 is 40.5. The lowest BCUT2D eigenvalue weighted by Gasteiger charge is -2.12. The normalized spacial score (nSPS) is 10.9. The van der Waals surface area contributed by atoms with Gasteiger partial charge in [0.25, 0.3) is 0 Å². The molecule has 0 amide bonds. The van der Waals surface area contributed by atoms with E-state index in [0.29, 0.717) is 16.8 Å². The molecule has 20 heavy (non-hydrogen) atoms.